The molecule has 0 fully saturated rings. The van der Waals surface area contributed by atoms with Crippen LogP contribution in [0.2, 0.25) is 0 Å². The van der Waals surface area contributed by atoms with Crippen molar-refractivity contribution in [3.63, 3.8) is 0 Å². The fourth-order valence-electron chi connectivity index (χ4n) is 2.29. The van der Waals surface area contributed by atoms with Crippen molar-refractivity contribution in [2.24, 2.45) is 5.41 Å². The third-order valence-electron chi connectivity index (χ3n) is 3.64. The molecule has 0 aliphatic heterocycles. The molecule has 0 saturated carbocycles. The van der Waals surface area contributed by atoms with Gasteiger partial charge in [0.25, 0.3) is 0 Å². The number of hydrogen-bond acceptors (Lipinski definition) is 2. The van der Waals surface area contributed by atoms with Crippen molar-refractivity contribution in [3.8, 4) is 0 Å². The highest BCUT2D eigenvalue weighted by Crippen LogP contribution is 2.20. The molecule has 3 heteroatoms. The number of amides is 1. The van der Waals surface area contributed by atoms with E-state index in [9.17, 15) is 4.79 Å². The second-order valence-electron chi connectivity index (χ2n) is 6.59. The SMILES string of the molecule is CC(C)(C)C(=O)NCC(Cc1ccccn1)c1ccccc1. The molecule has 1 amide bonds. The minimum atomic E-state index is -0.369. The van der Waals surface area contributed by atoms with Crippen LogP contribution in [-0.4, -0.2) is 17.4 Å². The molecule has 0 bridgehead atoms. The van der Waals surface area contributed by atoms with Gasteiger partial charge in [0.1, 0.15) is 0 Å². The Morgan fingerprint density at radius 2 is 1.77 bits per heavy atom. The van der Waals surface area contributed by atoms with E-state index >= 15 is 0 Å². The predicted octanol–water partition coefficient (Wildman–Crippen LogP) is 3.57. The van der Waals surface area contributed by atoms with Crippen molar-refractivity contribution >= 4 is 5.91 Å². The first-order chi connectivity index (χ1) is 10.5. The summed E-state index contributed by atoms with van der Waals surface area (Å²) in [5.41, 5.74) is 1.90. The van der Waals surface area contributed by atoms with Crippen LogP contribution >= 0.6 is 0 Å². The molecule has 0 spiro atoms. The Morgan fingerprint density at radius 3 is 2.36 bits per heavy atom. The lowest BCUT2D eigenvalue weighted by Gasteiger charge is -2.22. The zero-order valence-corrected chi connectivity index (χ0v) is 13.5. The summed E-state index contributed by atoms with van der Waals surface area (Å²) >= 11 is 0. The highest BCUT2D eigenvalue weighted by Gasteiger charge is 2.22. The van der Waals surface area contributed by atoms with E-state index in [2.05, 4.69) is 22.4 Å². The van der Waals surface area contributed by atoms with E-state index < -0.39 is 0 Å². The van der Waals surface area contributed by atoms with E-state index in [1.165, 1.54) is 5.56 Å². The fraction of sp³-hybridized carbons (Fsp3) is 0.368. The molecular weight excluding hydrogens is 272 g/mol. The normalized spacial score (nSPS) is 12.7. The maximum atomic E-state index is 12.1. The first-order valence-electron chi connectivity index (χ1n) is 7.70. The van der Waals surface area contributed by atoms with Gasteiger partial charge in [0.15, 0.2) is 0 Å². The third kappa shape index (κ3) is 4.69. The summed E-state index contributed by atoms with van der Waals surface area (Å²) in [5, 5.41) is 3.07. The summed E-state index contributed by atoms with van der Waals surface area (Å²) in [6, 6.07) is 16.2. The molecule has 0 radical (unpaired) electrons. The lowest BCUT2D eigenvalue weighted by atomic mass is 9.92. The van der Waals surface area contributed by atoms with Crippen LogP contribution in [0.1, 0.15) is 37.9 Å². The van der Waals surface area contributed by atoms with Gasteiger partial charge in [-0.3, -0.25) is 9.78 Å². The molecule has 2 rings (SSSR count). The average molecular weight is 296 g/mol. The van der Waals surface area contributed by atoms with Crippen molar-refractivity contribution in [1.82, 2.24) is 10.3 Å². The lowest BCUT2D eigenvalue weighted by Crippen LogP contribution is -2.37. The van der Waals surface area contributed by atoms with Gasteiger partial charge in [-0.1, -0.05) is 57.2 Å². The third-order valence-corrected chi connectivity index (χ3v) is 3.64. The van der Waals surface area contributed by atoms with Gasteiger partial charge in [-0.2, -0.15) is 0 Å². The molecule has 1 aromatic carbocycles. The van der Waals surface area contributed by atoms with E-state index in [0.29, 0.717) is 6.54 Å². The smallest absolute Gasteiger partial charge is 0.225 e. The Labute approximate surface area is 132 Å². The first-order valence-corrected chi connectivity index (χ1v) is 7.70. The molecule has 1 N–H and O–H groups in total. The van der Waals surface area contributed by atoms with Gasteiger partial charge in [-0.15, -0.1) is 0 Å². The molecule has 22 heavy (non-hydrogen) atoms. The van der Waals surface area contributed by atoms with E-state index in [-0.39, 0.29) is 17.2 Å². The number of rotatable bonds is 5. The topological polar surface area (TPSA) is 42.0 Å². The number of benzene rings is 1. The summed E-state index contributed by atoms with van der Waals surface area (Å²) < 4.78 is 0. The number of carbonyl (C=O) groups excluding carboxylic acids is 1. The Morgan fingerprint density at radius 1 is 1.09 bits per heavy atom. The van der Waals surface area contributed by atoms with Gasteiger partial charge >= 0.3 is 0 Å². The molecule has 1 heterocycles. The predicted molar refractivity (Wildman–Crippen MR) is 89.6 cm³/mol. The van der Waals surface area contributed by atoms with Crippen LogP contribution in [-0.2, 0) is 11.2 Å². The molecule has 0 aliphatic carbocycles. The van der Waals surface area contributed by atoms with E-state index in [0.717, 1.165) is 12.1 Å². The summed E-state index contributed by atoms with van der Waals surface area (Å²) in [4.78, 5) is 16.5. The number of nitrogens with zero attached hydrogens (tertiary/aromatic N) is 1. The van der Waals surface area contributed by atoms with E-state index in [4.69, 9.17) is 0 Å². The Balaban J connectivity index is 2.11. The molecule has 116 valence electrons. The van der Waals surface area contributed by atoms with Gasteiger partial charge in [-0.25, -0.2) is 0 Å². The molecule has 0 saturated heterocycles. The minimum absolute atomic E-state index is 0.0782. The number of carbonyl (C=O) groups is 1. The summed E-state index contributed by atoms with van der Waals surface area (Å²) in [7, 11) is 0. The highest BCUT2D eigenvalue weighted by molar-refractivity contribution is 5.81. The van der Waals surface area contributed by atoms with Gasteiger partial charge in [-0.05, 0) is 24.1 Å². The van der Waals surface area contributed by atoms with Crippen molar-refractivity contribution < 1.29 is 4.79 Å². The standard InChI is InChI=1S/C19H24N2O/c1-19(2,3)18(22)21-14-16(15-9-5-4-6-10-15)13-17-11-7-8-12-20-17/h4-12,16H,13-14H2,1-3H3,(H,21,22). The molecule has 3 nitrogen and oxygen atoms in total. The summed E-state index contributed by atoms with van der Waals surface area (Å²) in [6.07, 6.45) is 2.63. The monoisotopic (exact) mass is 296 g/mol. The van der Waals surface area contributed by atoms with Crippen LogP contribution in [0.25, 0.3) is 0 Å². The zero-order chi connectivity index (χ0) is 16.0. The second kappa shape index (κ2) is 7.21. The zero-order valence-electron chi connectivity index (χ0n) is 13.5. The molecule has 1 unspecified atom stereocenters. The maximum absolute atomic E-state index is 12.1. The molecule has 0 aliphatic rings. The summed E-state index contributed by atoms with van der Waals surface area (Å²) in [6.45, 7) is 6.41. The van der Waals surface area contributed by atoms with Crippen LogP contribution in [0.5, 0.6) is 0 Å². The van der Waals surface area contributed by atoms with E-state index in [1.54, 1.807) is 0 Å². The molecule has 1 aromatic heterocycles. The molecular formula is C19H24N2O. The largest absolute Gasteiger partial charge is 0.355 e. The van der Waals surface area contributed by atoms with Crippen molar-refractivity contribution in [1.29, 1.82) is 0 Å². The van der Waals surface area contributed by atoms with Crippen molar-refractivity contribution in [2.75, 3.05) is 6.54 Å². The minimum Gasteiger partial charge on any atom is -0.355 e. The van der Waals surface area contributed by atoms with Crippen molar-refractivity contribution in [3.05, 3.63) is 66.0 Å². The second-order valence-corrected chi connectivity index (χ2v) is 6.59. The van der Waals surface area contributed by atoms with Crippen LogP contribution in [0.3, 0.4) is 0 Å². The number of hydrogen-bond donors (Lipinski definition) is 1. The number of aromatic nitrogens is 1. The van der Waals surface area contributed by atoms with Crippen molar-refractivity contribution in [2.45, 2.75) is 33.1 Å². The number of pyridine rings is 1. The first kappa shape index (κ1) is 16.2. The lowest BCUT2D eigenvalue weighted by molar-refractivity contribution is -0.128. The van der Waals surface area contributed by atoms with E-state index in [1.807, 2.05) is 63.4 Å². The highest BCUT2D eigenvalue weighted by atomic mass is 16.2. The Kier molecular flexibility index (Phi) is 5.31. The van der Waals surface area contributed by atoms with Gasteiger partial charge < -0.3 is 5.32 Å². The van der Waals surface area contributed by atoms with Crippen LogP contribution in [0.15, 0.2) is 54.7 Å². The number of nitrogens with one attached hydrogen (secondary N) is 1. The Hall–Kier alpha value is -2.16. The molecule has 2 aromatic rings. The van der Waals surface area contributed by atoms with Gasteiger partial charge in [0, 0.05) is 29.8 Å². The summed E-state index contributed by atoms with van der Waals surface area (Å²) in [5.74, 6) is 0.303. The quantitative estimate of drug-likeness (QED) is 0.916. The Bertz CT molecular complexity index is 588. The van der Waals surface area contributed by atoms with Crippen LogP contribution in [0.4, 0.5) is 0 Å². The van der Waals surface area contributed by atoms with Gasteiger partial charge in [0.05, 0.1) is 0 Å². The van der Waals surface area contributed by atoms with Crippen LogP contribution in [0, 0.1) is 5.41 Å². The maximum Gasteiger partial charge on any atom is 0.225 e. The average Bonchev–Trinajstić information content (AvgIpc) is 2.52. The molecule has 1 atom stereocenters. The van der Waals surface area contributed by atoms with Gasteiger partial charge in [0.2, 0.25) is 5.91 Å². The fourth-order valence-corrected chi connectivity index (χ4v) is 2.29. The van der Waals surface area contributed by atoms with Crippen LogP contribution < -0.4 is 5.32 Å².